The summed E-state index contributed by atoms with van der Waals surface area (Å²) >= 11 is 0. The Bertz CT molecular complexity index is 591. The average Bonchev–Trinajstić information content (AvgIpc) is 2.78. The zero-order valence-electron chi connectivity index (χ0n) is 11.1. The van der Waals surface area contributed by atoms with Gasteiger partial charge in [-0.05, 0) is 30.9 Å². The standard InChI is InChI=1S/C13H17F2NO3S/c1-16(8-9-4-2-6-11(9)17)20(18,19)12-7-3-5-10(14)13(12)15/h3,5,7,9,11,17H,2,4,6,8H2,1H3. The maximum absolute atomic E-state index is 13.6. The Morgan fingerprint density at radius 1 is 1.35 bits per heavy atom. The first-order chi connectivity index (χ1) is 9.34. The second kappa shape index (κ2) is 5.75. The van der Waals surface area contributed by atoms with E-state index in [0.717, 1.165) is 35.3 Å². The van der Waals surface area contributed by atoms with Crippen molar-refractivity contribution in [1.82, 2.24) is 4.31 Å². The van der Waals surface area contributed by atoms with Gasteiger partial charge in [-0.15, -0.1) is 0 Å². The van der Waals surface area contributed by atoms with Crippen LogP contribution in [0.15, 0.2) is 23.1 Å². The fourth-order valence-electron chi connectivity index (χ4n) is 2.51. The molecule has 2 atom stereocenters. The molecule has 7 heteroatoms. The summed E-state index contributed by atoms with van der Waals surface area (Å²) in [4.78, 5) is -0.674. The second-order valence-corrected chi connectivity index (χ2v) is 7.11. The highest BCUT2D eigenvalue weighted by molar-refractivity contribution is 7.89. The molecule has 1 aromatic rings. The minimum Gasteiger partial charge on any atom is -0.393 e. The van der Waals surface area contributed by atoms with E-state index in [9.17, 15) is 22.3 Å². The van der Waals surface area contributed by atoms with Crippen molar-refractivity contribution < 1.29 is 22.3 Å². The number of hydrogen-bond acceptors (Lipinski definition) is 3. The first kappa shape index (κ1) is 15.3. The molecule has 1 saturated carbocycles. The Hall–Kier alpha value is -1.05. The van der Waals surface area contributed by atoms with Crippen LogP contribution in [0.5, 0.6) is 0 Å². The number of aliphatic hydroxyl groups is 1. The fraction of sp³-hybridized carbons (Fsp3) is 0.538. The molecule has 4 nitrogen and oxygen atoms in total. The predicted octanol–water partition coefficient (Wildman–Crippen LogP) is 1.75. The molecule has 1 aromatic carbocycles. The molecular weight excluding hydrogens is 288 g/mol. The van der Waals surface area contributed by atoms with Crippen LogP contribution in [0.3, 0.4) is 0 Å². The van der Waals surface area contributed by atoms with Gasteiger partial charge in [0.25, 0.3) is 0 Å². The molecule has 0 radical (unpaired) electrons. The van der Waals surface area contributed by atoms with Crippen molar-refractivity contribution in [2.75, 3.05) is 13.6 Å². The molecule has 0 spiro atoms. The molecule has 0 saturated heterocycles. The molecule has 1 N–H and O–H groups in total. The predicted molar refractivity (Wildman–Crippen MR) is 69.5 cm³/mol. The number of nitrogens with zero attached hydrogens (tertiary/aromatic N) is 1. The van der Waals surface area contributed by atoms with Crippen molar-refractivity contribution in [1.29, 1.82) is 0 Å². The lowest BCUT2D eigenvalue weighted by Crippen LogP contribution is -2.35. The van der Waals surface area contributed by atoms with E-state index in [0.29, 0.717) is 6.42 Å². The van der Waals surface area contributed by atoms with Crippen molar-refractivity contribution in [2.24, 2.45) is 5.92 Å². The number of benzene rings is 1. The first-order valence-corrected chi connectivity index (χ1v) is 7.86. The van der Waals surface area contributed by atoms with Gasteiger partial charge in [0.15, 0.2) is 11.6 Å². The van der Waals surface area contributed by atoms with Crippen molar-refractivity contribution in [3.63, 3.8) is 0 Å². The van der Waals surface area contributed by atoms with Crippen molar-refractivity contribution >= 4 is 10.0 Å². The number of aliphatic hydroxyl groups excluding tert-OH is 1. The number of halogens is 2. The molecule has 0 heterocycles. The van der Waals surface area contributed by atoms with Crippen LogP contribution in [0.4, 0.5) is 8.78 Å². The largest absolute Gasteiger partial charge is 0.393 e. The minimum absolute atomic E-state index is 0.0967. The summed E-state index contributed by atoms with van der Waals surface area (Å²) in [5.41, 5.74) is 0. The van der Waals surface area contributed by atoms with E-state index in [1.807, 2.05) is 0 Å². The third-order valence-corrected chi connectivity index (χ3v) is 5.56. The van der Waals surface area contributed by atoms with Crippen LogP contribution in [-0.4, -0.2) is 37.5 Å². The van der Waals surface area contributed by atoms with Crippen LogP contribution >= 0.6 is 0 Å². The van der Waals surface area contributed by atoms with E-state index in [1.165, 1.54) is 7.05 Å². The molecule has 1 fully saturated rings. The lowest BCUT2D eigenvalue weighted by atomic mass is 10.1. The average molecular weight is 305 g/mol. The third kappa shape index (κ3) is 2.84. The van der Waals surface area contributed by atoms with Gasteiger partial charge in [-0.1, -0.05) is 12.5 Å². The molecular formula is C13H17F2NO3S. The van der Waals surface area contributed by atoms with Gasteiger partial charge in [-0.2, -0.15) is 0 Å². The molecule has 0 aromatic heterocycles. The van der Waals surface area contributed by atoms with E-state index in [4.69, 9.17) is 0 Å². The Morgan fingerprint density at radius 3 is 2.65 bits per heavy atom. The number of rotatable bonds is 4. The molecule has 112 valence electrons. The summed E-state index contributed by atoms with van der Waals surface area (Å²) in [6, 6.07) is 3.06. The van der Waals surface area contributed by atoms with E-state index in [2.05, 4.69) is 0 Å². The van der Waals surface area contributed by atoms with Crippen molar-refractivity contribution in [3.05, 3.63) is 29.8 Å². The van der Waals surface area contributed by atoms with Crippen LogP contribution in [0, 0.1) is 17.6 Å². The highest BCUT2D eigenvalue weighted by Gasteiger charge is 2.32. The zero-order valence-corrected chi connectivity index (χ0v) is 11.9. The molecule has 0 amide bonds. The molecule has 1 aliphatic rings. The fourth-order valence-corrected chi connectivity index (χ4v) is 3.81. The number of hydrogen-bond donors (Lipinski definition) is 1. The summed E-state index contributed by atoms with van der Waals surface area (Å²) in [5.74, 6) is -2.72. The highest BCUT2D eigenvalue weighted by atomic mass is 32.2. The maximum atomic E-state index is 13.6. The Kier molecular flexibility index (Phi) is 4.41. The molecule has 2 rings (SSSR count). The summed E-state index contributed by atoms with van der Waals surface area (Å²) in [6.45, 7) is 0.0967. The smallest absolute Gasteiger partial charge is 0.245 e. The van der Waals surface area contributed by atoms with Gasteiger partial charge < -0.3 is 5.11 Å². The van der Waals surface area contributed by atoms with E-state index in [-0.39, 0.29) is 12.5 Å². The zero-order chi connectivity index (χ0) is 14.9. The Balaban J connectivity index is 2.23. The van der Waals surface area contributed by atoms with E-state index < -0.39 is 32.7 Å². The normalized spacial score (nSPS) is 23.4. The van der Waals surface area contributed by atoms with Crippen LogP contribution < -0.4 is 0 Å². The quantitative estimate of drug-likeness (QED) is 0.922. The summed E-state index contributed by atoms with van der Waals surface area (Å²) < 4.78 is 52.2. The lowest BCUT2D eigenvalue weighted by Gasteiger charge is -2.23. The van der Waals surface area contributed by atoms with Crippen LogP contribution in [0.25, 0.3) is 0 Å². The van der Waals surface area contributed by atoms with Gasteiger partial charge in [0.1, 0.15) is 4.90 Å². The summed E-state index contributed by atoms with van der Waals surface area (Å²) in [7, 11) is -2.79. The Morgan fingerprint density at radius 2 is 2.05 bits per heavy atom. The van der Waals surface area contributed by atoms with Crippen LogP contribution in [0.1, 0.15) is 19.3 Å². The monoisotopic (exact) mass is 305 g/mol. The molecule has 1 aliphatic carbocycles. The van der Waals surface area contributed by atoms with Gasteiger partial charge in [0, 0.05) is 13.6 Å². The first-order valence-electron chi connectivity index (χ1n) is 6.42. The van der Waals surface area contributed by atoms with Gasteiger partial charge in [-0.25, -0.2) is 21.5 Å². The molecule has 0 aliphatic heterocycles. The highest BCUT2D eigenvalue weighted by Crippen LogP contribution is 2.28. The van der Waals surface area contributed by atoms with Gasteiger partial charge in [0.05, 0.1) is 6.10 Å². The van der Waals surface area contributed by atoms with E-state index in [1.54, 1.807) is 0 Å². The van der Waals surface area contributed by atoms with Crippen molar-refractivity contribution in [2.45, 2.75) is 30.3 Å². The number of sulfonamides is 1. The molecule has 0 bridgehead atoms. The SMILES string of the molecule is CN(CC1CCCC1O)S(=O)(=O)c1cccc(F)c1F. The van der Waals surface area contributed by atoms with Crippen LogP contribution in [0.2, 0.25) is 0 Å². The topological polar surface area (TPSA) is 57.6 Å². The molecule has 20 heavy (non-hydrogen) atoms. The van der Waals surface area contributed by atoms with Gasteiger partial charge in [-0.3, -0.25) is 0 Å². The third-order valence-electron chi connectivity index (χ3n) is 3.71. The van der Waals surface area contributed by atoms with Gasteiger partial charge in [0.2, 0.25) is 10.0 Å². The summed E-state index contributed by atoms with van der Waals surface area (Å²) in [5, 5.41) is 9.72. The second-order valence-electron chi connectivity index (χ2n) is 5.10. The maximum Gasteiger partial charge on any atom is 0.245 e. The molecule has 2 unspecified atom stereocenters. The van der Waals surface area contributed by atoms with Crippen LogP contribution in [-0.2, 0) is 10.0 Å². The lowest BCUT2D eigenvalue weighted by molar-refractivity contribution is 0.123. The van der Waals surface area contributed by atoms with Crippen molar-refractivity contribution in [3.8, 4) is 0 Å². The van der Waals surface area contributed by atoms with E-state index >= 15 is 0 Å². The minimum atomic E-state index is -4.10. The summed E-state index contributed by atoms with van der Waals surface area (Å²) in [6.07, 6.45) is 1.68. The Labute approximate surface area is 117 Å². The van der Waals surface area contributed by atoms with Gasteiger partial charge >= 0.3 is 0 Å².